The van der Waals surface area contributed by atoms with Gasteiger partial charge in [-0.3, -0.25) is 0 Å². The summed E-state index contributed by atoms with van der Waals surface area (Å²) in [5, 5.41) is 4.18. The van der Waals surface area contributed by atoms with Crippen LogP contribution in [0.1, 0.15) is 0 Å². The van der Waals surface area contributed by atoms with Gasteiger partial charge < -0.3 is 19.7 Å². The fraction of sp³-hybridized carbons (Fsp3) is 0.316. The van der Waals surface area contributed by atoms with Crippen LogP contribution >= 0.6 is 23.8 Å². The molecule has 0 spiro atoms. The molecule has 29 heavy (non-hydrogen) atoms. The Morgan fingerprint density at radius 2 is 1.69 bits per heavy atom. The molecule has 2 aromatic carbocycles. The summed E-state index contributed by atoms with van der Waals surface area (Å²) in [6, 6.07) is 11.6. The quantitative estimate of drug-likeness (QED) is 0.694. The highest BCUT2D eigenvalue weighted by Gasteiger charge is 2.29. The highest BCUT2D eigenvalue weighted by atomic mass is 35.5. The SMILES string of the molecule is COc1ccc(NC(=S)N2CCN(S(=O)(=O)c3ccc(Cl)cc3)CC2)c(OC)c1. The molecule has 1 N–H and O–H groups in total. The normalized spacial score (nSPS) is 15.1. The molecular formula is C19H22ClN3O4S2. The predicted molar refractivity (Wildman–Crippen MR) is 118 cm³/mol. The molecule has 7 nitrogen and oxygen atoms in total. The van der Waals surface area contributed by atoms with Crippen molar-refractivity contribution in [3.05, 3.63) is 47.5 Å². The Morgan fingerprint density at radius 3 is 2.28 bits per heavy atom. The highest BCUT2D eigenvalue weighted by Crippen LogP contribution is 2.29. The maximum atomic E-state index is 12.8. The lowest BCUT2D eigenvalue weighted by Gasteiger charge is -2.35. The van der Waals surface area contributed by atoms with E-state index in [4.69, 9.17) is 33.3 Å². The Hall–Kier alpha value is -2.07. The molecule has 0 bridgehead atoms. The van der Waals surface area contributed by atoms with Gasteiger partial charge in [-0.25, -0.2) is 8.42 Å². The predicted octanol–water partition coefficient (Wildman–Crippen LogP) is 3.06. The van der Waals surface area contributed by atoms with Crippen molar-refractivity contribution in [2.45, 2.75) is 4.90 Å². The standard InChI is InChI=1S/C19H22ClN3O4S2/c1-26-15-5-8-17(18(13-15)27-2)21-19(28)22-9-11-23(12-10-22)29(24,25)16-6-3-14(20)4-7-16/h3-8,13H,9-12H2,1-2H3,(H,21,28). The zero-order valence-corrected chi connectivity index (χ0v) is 18.5. The maximum absolute atomic E-state index is 12.8. The van der Waals surface area contributed by atoms with Crippen molar-refractivity contribution in [3.63, 3.8) is 0 Å². The van der Waals surface area contributed by atoms with Gasteiger partial charge >= 0.3 is 0 Å². The van der Waals surface area contributed by atoms with Gasteiger partial charge in [0.2, 0.25) is 10.0 Å². The summed E-state index contributed by atoms with van der Waals surface area (Å²) >= 11 is 11.4. The first-order chi connectivity index (χ1) is 13.8. The van der Waals surface area contributed by atoms with Gasteiger partial charge in [0.05, 0.1) is 24.8 Å². The molecule has 3 rings (SSSR count). The van der Waals surface area contributed by atoms with E-state index in [2.05, 4.69) is 5.32 Å². The van der Waals surface area contributed by atoms with E-state index in [9.17, 15) is 8.42 Å². The van der Waals surface area contributed by atoms with Crippen LogP contribution in [-0.2, 0) is 10.0 Å². The molecule has 1 aliphatic heterocycles. The molecule has 0 radical (unpaired) electrons. The molecular weight excluding hydrogens is 434 g/mol. The number of nitrogens with one attached hydrogen (secondary N) is 1. The number of piperazine rings is 1. The number of sulfonamides is 1. The number of hydrogen-bond acceptors (Lipinski definition) is 5. The van der Waals surface area contributed by atoms with E-state index < -0.39 is 10.0 Å². The van der Waals surface area contributed by atoms with Crippen molar-refractivity contribution in [1.29, 1.82) is 0 Å². The number of anilines is 1. The van der Waals surface area contributed by atoms with E-state index in [0.717, 1.165) is 5.69 Å². The summed E-state index contributed by atoms with van der Waals surface area (Å²) in [6.45, 7) is 1.65. The molecule has 0 amide bonds. The zero-order valence-electron chi connectivity index (χ0n) is 16.1. The summed E-state index contributed by atoms with van der Waals surface area (Å²) in [5.41, 5.74) is 0.717. The molecule has 1 fully saturated rings. The van der Waals surface area contributed by atoms with Crippen molar-refractivity contribution < 1.29 is 17.9 Å². The second-order valence-electron chi connectivity index (χ2n) is 6.34. The number of benzene rings is 2. The Labute approximate surface area is 181 Å². The lowest BCUT2D eigenvalue weighted by Crippen LogP contribution is -2.51. The molecule has 2 aromatic rings. The molecule has 1 aliphatic rings. The monoisotopic (exact) mass is 455 g/mol. The lowest BCUT2D eigenvalue weighted by atomic mass is 10.2. The van der Waals surface area contributed by atoms with E-state index in [0.29, 0.717) is 47.8 Å². The Kier molecular flexibility index (Phi) is 6.84. The van der Waals surface area contributed by atoms with Crippen molar-refractivity contribution >= 4 is 44.6 Å². The number of rotatable bonds is 5. The first-order valence-corrected chi connectivity index (χ1v) is 11.1. The summed E-state index contributed by atoms with van der Waals surface area (Å²) < 4.78 is 37.6. The molecule has 0 aliphatic carbocycles. The van der Waals surface area contributed by atoms with Gasteiger partial charge in [0.1, 0.15) is 11.5 Å². The number of halogens is 1. The number of methoxy groups -OCH3 is 2. The van der Waals surface area contributed by atoms with Gasteiger partial charge in [-0.05, 0) is 48.6 Å². The van der Waals surface area contributed by atoms with Crippen LogP contribution in [0.4, 0.5) is 5.69 Å². The summed E-state index contributed by atoms with van der Waals surface area (Å²) in [7, 11) is -0.395. The highest BCUT2D eigenvalue weighted by molar-refractivity contribution is 7.89. The third kappa shape index (κ3) is 4.92. The summed E-state index contributed by atoms with van der Waals surface area (Å²) in [6.07, 6.45) is 0. The van der Waals surface area contributed by atoms with Crippen molar-refractivity contribution in [1.82, 2.24) is 9.21 Å². The number of nitrogens with zero attached hydrogens (tertiary/aromatic N) is 2. The van der Waals surface area contributed by atoms with Crippen LogP contribution in [0.25, 0.3) is 0 Å². The molecule has 0 unspecified atom stereocenters. The topological polar surface area (TPSA) is 71.1 Å². The molecule has 10 heteroatoms. The third-order valence-electron chi connectivity index (χ3n) is 4.63. The number of hydrogen-bond donors (Lipinski definition) is 1. The van der Waals surface area contributed by atoms with E-state index in [-0.39, 0.29) is 4.90 Å². The lowest BCUT2D eigenvalue weighted by molar-refractivity contribution is 0.268. The van der Waals surface area contributed by atoms with Gasteiger partial charge in [0, 0.05) is 37.3 Å². The first kappa shape index (κ1) is 21.6. The van der Waals surface area contributed by atoms with Crippen molar-refractivity contribution in [3.8, 4) is 11.5 Å². The van der Waals surface area contributed by atoms with E-state index in [1.165, 1.54) is 16.4 Å². The van der Waals surface area contributed by atoms with Crippen LogP contribution in [-0.4, -0.2) is 63.1 Å². The van der Waals surface area contributed by atoms with Crippen molar-refractivity contribution in [2.75, 3.05) is 45.7 Å². The molecule has 1 heterocycles. The summed E-state index contributed by atoms with van der Waals surface area (Å²) in [5.74, 6) is 1.29. The van der Waals surface area contributed by atoms with Crippen LogP contribution in [0, 0.1) is 0 Å². The van der Waals surface area contributed by atoms with E-state index >= 15 is 0 Å². The number of thiocarbonyl (C=S) groups is 1. The fourth-order valence-corrected chi connectivity index (χ4v) is 4.82. The van der Waals surface area contributed by atoms with Crippen LogP contribution in [0.5, 0.6) is 11.5 Å². The van der Waals surface area contributed by atoms with E-state index in [1.54, 1.807) is 32.4 Å². The maximum Gasteiger partial charge on any atom is 0.243 e. The summed E-state index contributed by atoms with van der Waals surface area (Å²) in [4.78, 5) is 2.17. The smallest absolute Gasteiger partial charge is 0.243 e. The fourth-order valence-electron chi connectivity index (χ4n) is 2.98. The average Bonchev–Trinajstić information content (AvgIpc) is 2.74. The van der Waals surface area contributed by atoms with Crippen LogP contribution in [0.3, 0.4) is 0 Å². The van der Waals surface area contributed by atoms with Crippen LogP contribution in [0.15, 0.2) is 47.4 Å². The van der Waals surface area contributed by atoms with Crippen LogP contribution < -0.4 is 14.8 Å². The molecule has 156 valence electrons. The second kappa shape index (κ2) is 9.17. The van der Waals surface area contributed by atoms with Gasteiger partial charge in [-0.2, -0.15) is 4.31 Å². The second-order valence-corrected chi connectivity index (χ2v) is 9.10. The van der Waals surface area contributed by atoms with Gasteiger partial charge in [0.25, 0.3) is 0 Å². The molecule has 0 aromatic heterocycles. The van der Waals surface area contributed by atoms with E-state index in [1.807, 2.05) is 17.0 Å². The average molecular weight is 456 g/mol. The Bertz CT molecular complexity index is 975. The minimum absolute atomic E-state index is 0.235. The van der Waals surface area contributed by atoms with Gasteiger partial charge in [0.15, 0.2) is 5.11 Å². The zero-order chi connectivity index (χ0) is 21.0. The number of ether oxygens (including phenoxy) is 2. The van der Waals surface area contributed by atoms with Crippen molar-refractivity contribution in [2.24, 2.45) is 0 Å². The third-order valence-corrected chi connectivity index (χ3v) is 7.15. The first-order valence-electron chi connectivity index (χ1n) is 8.89. The van der Waals surface area contributed by atoms with Crippen LogP contribution in [0.2, 0.25) is 5.02 Å². The minimum Gasteiger partial charge on any atom is -0.497 e. The largest absolute Gasteiger partial charge is 0.497 e. The van der Waals surface area contributed by atoms with Gasteiger partial charge in [-0.1, -0.05) is 11.6 Å². The molecule has 0 saturated carbocycles. The Balaban J connectivity index is 1.63. The molecule has 0 atom stereocenters. The van der Waals surface area contributed by atoms with Gasteiger partial charge in [-0.15, -0.1) is 0 Å². The Morgan fingerprint density at radius 1 is 1.03 bits per heavy atom. The minimum atomic E-state index is -3.55. The molecule has 1 saturated heterocycles.